The van der Waals surface area contributed by atoms with Gasteiger partial charge in [-0.3, -0.25) is 9.59 Å². The number of para-hydroxylation sites is 1. The molecule has 4 N–H and O–H groups in total. The maximum Gasteiger partial charge on any atom is 0.258 e. The molecule has 1 saturated carbocycles. The van der Waals surface area contributed by atoms with Crippen LogP contribution in [0.1, 0.15) is 37.0 Å². The number of carbonyl (C=O) groups is 2. The first-order valence-electron chi connectivity index (χ1n) is 10.7. The van der Waals surface area contributed by atoms with Gasteiger partial charge < -0.3 is 21.3 Å². The van der Waals surface area contributed by atoms with Crippen LogP contribution >= 0.6 is 15.9 Å². The maximum atomic E-state index is 12.8. The highest BCUT2D eigenvalue weighted by molar-refractivity contribution is 9.10. The van der Waals surface area contributed by atoms with Crippen LogP contribution in [-0.2, 0) is 4.79 Å². The lowest BCUT2D eigenvalue weighted by atomic mass is 10.0. The summed E-state index contributed by atoms with van der Waals surface area (Å²) in [6, 6.07) is 16.6. The molecular formula is C25H29BrN6O2. The Kier molecular flexibility index (Phi) is 8.22. The van der Waals surface area contributed by atoms with Crippen LogP contribution in [0.25, 0.3) is 0 Å². The molecule has 2 atom stereocenters. The second-order valence-corrected chi connectivity index (χ2v) is 8.84. The number of rotatable bonds is 7. The largest absolute Gasteiger partial charge is 0.369 e. The second-order valence-electron chi connectivity index (χ2n) is 7.98. The van der Waals surface area contributed by atoms with Gasteiger partial charge in [-0.1, -0.05) is 32.0 Å². The molecule has 0 radical (unpaired) electrons. The third-order valence-corrected chi connectivity index (χ3v) is 6.36. The molecule has 34 heavy (non-hydrogen) atoms. The van der Waals surface area contributed by atoms with Gasteiger partial charge in [-0.15, -0.1) is 0 Å². The molecule has 3 aromatic rings. The van der Waals surface area contributed by atoms with Crippen molar-refractivity contribution in [2.24, 2.45) is 11.7 Å². The number of anilines is 4. The summed E-state index contributed by atoms with van der Waals surface area (Å²) in [4.78, 5) is 34.9. The monoisotopic (exact) mass is 524 g/mol. The summed E-state index contributed by atoms with van der Waals surface area (Å²) in [6.07, 6.45) is 4.24. The molecule has 0 bridgehead atoms. The summed E-state index contributed by atoms with van der Waals surface area (Å²) in [5.74, 6) is 0.403. The Balaban J connectivity index is 0.00000324. The Morgan fingerprint density at radius 2 is 1.79 bits per heavy atom. The maximum absolute atomic E-state index is 12.8. The quantitative estimate of drug-likeness (QED) is 0.402. The number of halogens is 1. The van der Waals surface area contributed by atoms with E-state index in [0.717, 1.165) is 30.6 Å². The van der Waals surface area contributed by atoms with Crippen LogP contribution in [0, 0.1) is 5.92 Å². The molecule has 2 amide bonds. The summed E-state index contributed by atoms with van der Waals surface area (Å²) in [5.41, 5.74) is 7.68. The van der Waals surface area contributed by atoms with E-state index in [2.05, 4.69) is 36.5 Å². The zero-order valence-electron chi connectivity index (χ0n) is 18.2. The molecular weight excluding hydrogens is 496 g/mol. The van der Waals surface area contributed by atoms with E-state index in [1.165, 1.54) is 0 Å². The summed E-state index contributed by atoms with van der Waals surface area (Å²) in [6.45, 7) is 0. The van der Waals surface area contributed by atoms with Gasteiger partial charge in [0.15, 0.2) is 0 Å². The van der Waals surface area contributed by atoms with Crippen molar-refractivity contribution in [3.8, 4) is 0 Å². The van der Waals surface area contributed by atoms with Gasteiger partial charge in [0.25, 0.3) is 5.91 Å². The van der Waals surface area contributed by atoms with Crippen LogP contribution in [0.5, 0.6) is 0 Å². The van der Waals surface area contributed by atoms with Gasteiger partial charge in [-0.25, -0.2) is 4.98 Å². The summed E-state index contributed by atoms with van der Waals surface area (Å²) in [7, 11) is 1.75. The highest BCUT2D eigenvalue weighted by Crippen LogP contribution is 2.31. The van der Waals surface area contributed by atoms with E-state index >= 15 is 0 Å². The number of aromatic nitrogens is 2. The molecule has 1 aliphatic rings. The molecule has 0 spiro atoms. The Morgan fingerprint density at radius 1 is 1.09 bits per heavy atom. The number of hydrogen-bond donors (Lipinski definition) is 3. The topological polar surface area (TPSA) is 113 Å². The summed E-state index contributed by atoms with van der Waals surface area (Å²) >= 11 is 3.46. The lowest BCUT2D eigenvalue weighted by Crippen LogP contribution is -2.34. The van der Waals surface area contributed by atoms with Gasteiger partial charge in [0.2, 0.25) is 11.9 Å². The summed E-state index contributed by atoms with van der Waals surface area (Å²) in [5, 5.41) is 6.49. The zero-order chi connectivity index (χ0) is 23.4. The minimum atomic E-state index is -0.291. The standard InChI is InChI=1S/C24H25BrN6O2.CH4/c1-31(17-6-3-2-4-7-17)23(33)15-10-12-16(13-11-15)28-24-27-14-19(25)22(30-24)29-20-9-5-8-18(20)21(26)32;/h2-4,6-7,10-14,18,20H,5,8-9H2,1H3,(H2,26,32)(H2,27,28,29,30);1H4/t18-,20+;/m0./s1. The highest BCUT2D eigenvalue weighted by atomic mass is 79.9. The third-order valence-electron chi connectivity index (χ3n) is 5.78. The Hall–Kier alpha value is -3.46. The Labute approximate surface area is 208 Å². The van der Waals surface area contributed by atoms with E-state index in [-0.39, 0.29) is 31.2 Å². The SMILES string of the molecule is C.CN(C(=O)c1ccc(Nc2ncc(Br)c(N[C@@H]3CCC[C@@H]3C(N)=O)n2)cc1)c1ccccc1. The van der Waals surface area contributed by atoms with Gasteiger partial charge in [0, 0.05) is 36.2 Å². The lowest BCUT2D eigenvalue weighted by molar-refractivity contribution is -0.121. The molecule has 9 heteroatoms. The molecule has 1 fully saturated rings. The fourth-order valence-electron chi connectivity index (χ4n) is 3.97. The third kappa shape index (κ3) is 5.72. The van der Waals surface area contributed by atoms with Crippen molar-refractivity contribution in [1.29, 1.82) is 0 Å². The van der Waals surface area contributed by atoms with Crippen LogP contribution in [0.4, 0.5) is 23.1 Å². The van der Waals surface area contributed by atoms with Crippen LogP contribution in [0.15, 0.2) is 65.3 Å². The second kappa shape index (κ2) is 11.1. The number of benzene rings is 2. The van der Waals surface area contributed by atoms with E-state index in [1.807, 2.05) is 42.5 Å². The van der Waals surface area contributed by atoms with E-state index in [9.17, 15) is 9.59 Å². The molecule has 0 unspecified atom stereocenters. The molecule has 1 aliphatic carbocycles. The van der Waals surface area contributed by atoms with Crippen molar-refractivity contribution in [3.05, 3.63) is 70.8 Å². The number of hydrogen-bond acceptors (Lipinski definition) is 6. The van der Waals surface area contributed by atoms with Crippen molar-refractivity contribution < 1.29 is 9.59 Å². The highest BCUT2D eigenvalue weighted by Gasteiger charge is 2.32. The smallest absolute Gasteiger partial charge is 0.258 e. The van der Waals surface area contributed by atoms with Crippen LogP contribution in [-0.4, -0.2) is 34.9 Å². The number of nitrogens with one attached hydrogen (secondary N) is 2. The molecule has 1 aromatic heterocycles. The first-order chi connectivity index (χ1) is 15.9. The number of primary amides is 1. The van der Waals surface area contributed by atoms with Crippen molar-refractivity contribution in [3.63, 3.8) is 0 Å². The van der Waals surface area contributed by atoms with Gasteiger partial charge in [-0.2, -0.15) is 4.98 Å². The fraction of sp³-hybridized carbons (Fsp3) is 0.280. The van der Waals surface area contributed by atoms with E-state index in [4.69, 9.17) is 5.73 Å². The molecule has 178 valence electrons. The van der Waals surface area contributed by atoms with Crippen molar-refractivity contribution in [2.45, 2.75) is 32.7 Å². The van der Waals surface area contributed by atoms with E-state index in [1.54, 1.807) is 30.3 Å². The zero-order valence-corrected chi connectivity index (χ0v) is 19.7. The molecule has 1 heterocycles. The van der Waals surface area contributed by atoms with Crippen LogP contribution in [0.2, 0.25) is 0 Å². The van der Waals surface area contributed by atoms with Crippen LogP contribution < -0.4 is 21.3 Å². The summed E-state index contributed by atoms with van der Waals surface area (Å²) < 4.78 is 0.702. The van der Waals surface area contributed by atoms with Crippen molar-refractivity contribution in [2.75, 3.05) is 22.6 Å². The predicted molar refractivity (Wildman–Crippen MR) is 139 cm³/mol. The first kappa shape index (κ1) is 25.2. The van der Waals surface area contributed by atoms with Crippen molar-refractivity contribution in [1.82, 2.24) is 9.97 Å². The molecule has 2 aromatic carbocycles. The average Bonchev–Trinajstić information content (AvgIpc) is 3.30. The molecule has 0 saturated heterocycles. The minimum absolute atomic E-state index is 0. The minimum Gasteiger partial charge on any atom is -0.369 e. The lowest BCUT2D eigenvalue weighted by Gasteiger charge is -2.20. The van der Waals surface area contributed by atoms with Gasteiger partial charge in [-0.05, 0) is 65.2 Å². The van der Waals surface area contributed by atoms with Gasteiger partial charge in [0.1, 0.15) is 5.82 Å². The normalized spacial score (nSPS) is 16.9. The first-order valence-corrected chi connectivity index (χ1v) is 11.5. The number of nitrogens with two attached hydrogens (primary N) is 1. The molecule has 0 aliphatic heterocycles. The molecule has 4 rings (SSSR count). The number of amides is 2. The fourth-order valence-corrected chi connectivity index (χ4v) is 4.27. The predicted octanol–water partition coefficient (Wildman–Crippen LogP) is 4.96. The van der Waals surface area contributed by atoms with Crippen molar-refractivity contribution >= 4 is 50.9 Å². The average molecular weight is 525 g/mol. The molecule has 8 nitrogen and oxygen atoms in total. The number of nitrogens with zero attached hydrogens (tertiary/aromatic N) is 3. The Bertz CT molecular complexity index is 1140. The van der Waals surface area contributed by atoms with Crippen LogP contribution in [0.3, 0.4) is 0 Å². The Morgan fingerprint density at radius 3 is 2.47 bits per heavy atom. The van der Waals surface area contributed by atoms with E-state index < -0.39 is 0 Å². The van der Waals surface area contributed by atoms with Gasteiger partial charge >= 0.3 is 0 Å². The van der Waals surface area contributed by atoms with Gasteiger partial charge in [0.05, 0.1) is 10.4 Å². The van der Waals surface area contributed by atoms with E-state index in [0.29, 0.717) is 21.8 Å². The number of carbonyl (C=O) groups excluding carboxylic acids is 2.